The second-order valence-corrected chi connectivity index (χ2v) is 5.65. The Morgan fingerprint density at radius 2 is 2.08 bits per heavy atom. The minimum absolute atomic E-state index is 0.172. The first-order valence-corrected chi connectivity index (χ1v) is 8.04. The summed E-state index contributed by atoms with van der Waals surface area (Å²) in [5, 5.41) is 6.14. The van der Waals surface area contributed by atoms with Crippen molar-refractivity contribution in [2.24, 2.45) is 0 Å². The molecule has 7 nitrogen and oxygen atoms in total. The number of carbonyl (C=O) groups is 1. The second kappa shape index (κ2) is 6.64. The third-order valence-corrected chi connectivity index (χ3v) is 3.97. The average molecular weight is 332 g/mol. The number of fused-ring (bicyclic) bond motifs is 1. The maximum Gasteiger partial charge on any atom is 0.270 e. The summed E-state index contributed by atoms with van der Waals surface area (Å²) < 4.78 is 0. The predicted octanol–water partition coefficient (Wildman–Crippen LogP) is 1.83. The zero-order chi connectivity index (χ0) is 17.1. The number of anilines is 1. The van der Waals surface area contributed by atoms with Gasteiger partial charge in [0.15, 0.2) is 5.82 Å². The Hall–Kier alpha value is -3.35. The van der Waals surface area contributed by atoms with Gasteiger partial charge in [0.2, 0.25) is 0 Å². The highest BCUT2D eigenvalue weighted by atomic mass is 16.1. The molecule has 0 atom stereocenters. The molecule has 2 N–H and O–H groups in total. The molecule has 4 rings (SSSR count). The summed E-state index contributed by atoms with van der Waals surface area (Å²) in [6.45, 7) is 1.11. The number of carbonyl (C=O) groups excluding carboxylic acids is 1. The maximum atomic E-state index is 12.2. The van der Waals surface area contributed by atoms with Crippen molar-refractivity contribution in [1.82, 2.24) is 25.3 Å². The highest BCUT2D eigenvalue weighted by Crippen LogP contribution is 2.24. The smallest absolute Gasteiger partial charge is 0.270 e. The lowest BCUT2D eigenvalue weighted by Gasteiger charge is -2.20. The summed E-state index contributed by atoms with van der Waals surface area (Å²) in [6.07, 6.45) is 5.82. The molecule has 4 heterocycles. The summed E-state index contributed by atoms with van der Waals surface area (Å²) >= 11 is 0. The van der Waals surface area contributed by atoms with Gasteiger partial charge in [0, 0.05) is 36.3 Å². The van der Waals surface area contributed by atoms with Gasteiger partial charge in [-0.05, 0) is 30.7 Å². The van der Waals surface area contributed by atoms with Gasteiger partial charge in [-0.25, -0.2) is 9.97 Å². The van der Waals surface area contributed by atoms with Crippen molar-refractivity contribution in [3.05, 3.63) is 65.9 Å². The number of amides is 1. The number of nitrogens with zero attached hydrogens (tertiary/aromatic N) is 4. The van der Waals surface area contributed by atoms with Crippen LogP contribution in [0.25, 0.3) is 11.4 Å². The molecule has 3 aromatic rings. The van der Waals surface area contributed by atoms with E-state index in [9.17, 15) is 4.79 Å². The van der Waals surface area contributed by atoms with Gasteiger partial charge in [0.25, 0.3) is 5.91 Å². The van der Waals surface area contributed by atoms with Gasteiger partial charge in [0.1, 0.15) is 11.5 Å². The topological polar surface area (TPSA) is 92.7 Å². The first-order valence-electron chi connectivity index (χ1n) is 8.04. The Labute approximate surface area is 144 Å². The number of aromatic nitrogens is 4. The fourth-order valence-electron chi connectivity index (χ4n) is 2.74. The zero-order valence-corrected chi connectivity index (χ0v) is 13.4. The van der Waals surface area contributed by atoms with Gasteiger partial charge in [-0.15, -0.1) is 0 Å². The molecule has 0 saturated carbocycles. The predicted molar refractivity (Wildman–Crippen MR) is 92.9 cm³/mol. The van der Waals surface area contributed by atoms with Crippen LogP contribution < -0.4 is 10.6 Å². The van der Waals surface area contributed by atoms with E-state index in [2.05, 4.69) is 30.6 Å². The quantitative estimate of drug-likeness (QED) is 0.757. The summed E-state index contributed by atoms with van der Waals surface area (Å²) in [7, 11) is 0. The normalized spacial score (nSPS) is 13.0. The largest absolute Gasteiger partial charge is 0.364 e. The van der Waals surface area contributed by atoms with Crippen LogP contribution >= 0.6 is 0 Å². The zero-order valence-electron chi connectivity index (χ0n) is 13.4. The molecule has 0 fully saturated rings. The molecule has 3 aromatic heterocycles. The summed E-state index contributed by atoms with van der Waals surface area (Å²) in [5.74, 6) is 0.978. The van der Waals surface area contributed by atoms with E-state index in [0.717, 1.165) is 16.8 Å². The van der Waals surface area contributed by atoms with Crippen LogP contribution in [0.2, 0.25) is 0 Å². The van der Waals surface area contributed by atoms with Gasteiger partial charge in [-0.1, -0.05) is 6.07 Å². The first kappa shape index (κ1) is 15.2. The van der Waals surface area contributed by atoms with E-state index in [4.69, 9.17) is 0 Å². The minimum Gasteiger partial charge on any atom is -0.364 e. The van der Waals surface area contributed by atoms with Crippen LogP contribution in [0.4, 0.5) is 5.82 Å². The van der Waals surface area contributed by atoms with Crippen molar-refractivity contribution in [3.63, 3.8) is 0 Å². The average Bonchev–Trinajstić information content (AvgIpc) is 2.68. The molecule has 124 valence electrons. The molecule has 0 aliphatic carbocycles. The SMILES string of the molecule is O=C1NCCc2c(NCc3ccccn3)nc(-c3cccnc3)nc21. The maximum absolute atomic E-state index is 12.2. The van der Waals surface area contributed by atoms with Crippen LogP contribution in [-0.2, 0) is 13.0 Å². The van der Waals surface area contributed by atoms with Crippen molar-refractivity contribution in [2.75, 3.05) is 11.9 Å². The lowest BCUT2D eigenvalue weighted by molar-refractivity contribution is 0.0940. The molecule has 0 spiro atoms. The third kappa shape index (κ3) is 3.16. The Bertz CT molecular complexity index is 898. The van der Waals surface area contributed by atoms with E-state index in [1.807, 2.05) is 30.3 Å². The molecular formula is C18H16N6O. The highest BCUT2D eigenvalue weighted by molar-refractivity contribution is 5.96. The molecule has 0 saturated heterocycles. The number of hydrogen-bond acceptors (Lipinski definition) is 6. The molecule has 25 heavy (non-hydrogen) atoms. The molecule has 1 aliphatic rings. The Balaban J connectivity index is 1.73. The molecule has 0 radical (unpaired) electrons. The fraction of sp³-hybridized carbons (Fsp3) is 0.167. The Kier molecular flexibility index (Phi) is 4.04. The van der Waals surface area contributed by atoms with Crippen LogP contribution in [0.1, 0.15) is 21.7 Å². The third-order valence-electron chi connectivity index (χ3n) is 3.97. The molecule has 1 amide bonds. The molecule has 1 aliphatic heterocycles. The van der Waals surface area contributed by atoms with E-state index < -0.39 is 0 Å². The lowest BCUT2D eigenvalue weighted by atomic mass is 10.1. The monoisotopic (exact) mass is 332 g/mol. The molecular weight excluding hydrogens is 316 g/mol. The van der Waals surface area contributed by atoms with Gasteiger partial charge in [0.05, 0.1) is 12.2 Å². The Morgan fingerprint density at radius 3 is 2.88 bits per heavy atom. The van der Waals surface area contributed by atoms with Crippen molar-refractivity contribution >= 4 is 11.7 Å². The number of rotatable bonds is 4. The summed E-state index contributed by atoms with van der Waals surface area (Å²) in [5.41, 5.74) is 2.93. The van der Waals surface area contributed by atoms with Crippen molar-refractivity contribution < 1.29 is 4.79 Å². The first-order chi connectivity index (χ1) is 12.3. The van der Waals surface area contributed by atoms with Gasteiger partial charge >= 0.3 is 0 Å². The Morgan fingerprint density at radius 1 is 1.12 bits per heavy atom. The highest BCUT2D eigenvalue weighted by Gasteiger charge is 2.24. The van der Waals surface area contributed by atoms with Gasteiger partial charge in [-0.2, -0.15) is 0 Å². The molecule has 0 unspecified atom stereocenters. The number of hydrogen-bond donors (Lipinski definition) is 2. The van der Waals surface area contributed by atoms with Crippen LogP contribution in [-0.4, -0.2) is 32.4 Å². The molecule has 0 aromatic carbocycles. The number of pyridine rings is 2. The minimum atomic E-state index is -0.172. The van der Waals surface area contributed by atoms with Gasteiger partial charge in [-0.3, -0.25) is 14.8 Å². The van der Waals surface area contributed by atoms with E-state index in [-0.39, 0.29) is 5.91 Å². The summed E-state index contributed by atoms with van der Waals surface area (Å²) in [4.78, 5) is 29.7. The molecule has 7 heteroatoms. The summed E-state index contributed by atoms with van der Waals surface area (Å²) in [6, 6.07) is 9.45. The second-order valence-electron chi connectivity index (χ2n) is 5.65. The van der Waals surface area contributed by atoms with Gasteiger partial charge < -0.3 is 10.6 Å². The lowest BCUT2D eigenvalue weighted by Crippen LogP contribution is -2.34. The number of nitrogens with one attached hydrogen (secondary N) is 2. The molecule has 0 bridgehead atoms. The van der Waals surface area contributed by atoms with E-state index in [1.165, 1.54) is 0 Å². The van der Waals surface area contributed by atoms with Crippen molar-refractivity contribution in [2.45, 2.75) is 13.0 Å². The van der Waals surface area contributed by atoms with E-state index in [1.54, 1.807) is 18.6 Å². The van der Waals surface area contributed by atoms with E-state index >= 15 is 0 Å². The van der Waals surface area contributed by atoms with Crippen LogP contribution in [0, 0.1) is 0 Å². The fourth-order valence-corrected chi connectivity index (χ4v) is 2.74. The van der Waals surface area contributed by atoms with Crippen LogP contribution in [0.15, 0.2) is 48.9 Å². The van der Waals surface area contributed by atoms with Crippen LogP contribution in [0.3, 0.4) is 0 Å². The van der Waals surface area contributed by atoms with Crippen LogP contribution in [0.5, 0.6) is 0 Å². The van der Waals surface area contributed by atoms with Crippen molar-refractivity contribution in [1.29, 1.82) is 0 Å². The standard InChI is InChI=1S/C18H16N6O/c25-18-15-14(6-9-21-18)17(22-11-13-5-1-2-8-20-13)24-16(23-15)12-4-3-7-19-10-12/h1-5,7-8,10H,6,9,11H2,(H,21,25)(H,22,23,24). The van der Waals surface area contributed by atoms with Crippen molar-refractivity contribution in [3.8, 4) is 11.4 Å². The van der Waals surface area contributed by atoms with E-state index in [0.29, 0.717) is 36.8 Å².